The summed E-state index contributed by atoms with van der Waals surface area (Å²) in [5, 5.41) is 3.46. The molecule has 3 nitrogen and oxygen atoms in total. The Balaban J connectivity index is 1.74. The normalized spacial score (nSPS) is 12.0. The zero-order valence-electron chi connectivity index (χ0n) is 16.2. The SMILES string of the molecule is CC(NC(c1ccccc1)c1ccccc1)C(=O)N(C)Cc1cccc(F)c1. The van der Waals surface area contributed by atoms with Crippen LogP contribution >= 0.6 is 0 Å². The summed E-state index contributed by atoms with van der Waals surface area (Å²) in [7, 11) is 1.74. The Bertz CT molecular complexity index is 859. The summed E-state index contributed by atoms with van der Waals surface area (Å²) < 4.78 is 13.4. The molecular weight excluding hydrogens is 351 g/mol. The van der Waals surface area contributed by atoms with Crippen LogP contribution < -0.4 is 5.32 Å². The molecule has 3 aromatic carbocycles. The number of carbonyl (C=O) groups is 1. The van der Waals surface area contributed by atoms with E-state index < -0.39 is 6.04 Å². The van der Waals surface area contributed by atoms with Gasteiger partial charge in [0.25, 0.3) is 0 Å². The van der Waals surface area contributed by atoms with Crippen molar-refractivity contribution in [1.82, 2.24) is 10.2 Å². The van der Waals surface area contributed by atoms with Gasteiger partial charge in [-0.15, -0.1) is 0 Å². The Kier molecular flexibility index (Phi) is 6.56. The highest BCUT2D eigenvalue weighted by molar-refractivity contribution is 5.81. The van der Waals surface area contributed by atoms with Gasteiger partial charge in [-0.2, -0.15) is 0 Å². The van der Waals surface area contributed by atoms with Crippen molar-refractivity contribution in [2.24, 2.45) is 0 Å². The number of halogens is 1. The van der Waals surface area contributed by atoms with Crippen LogP contribution in [0.2, 0.25) is 0 Å². The average Bonchev–Trinajstić information content (AvgIpc) is 2.72. The molecule has 3 aromatic rings. The van der Waals surface area contributed by atoms with Gasteiger partial charge in [0, 0.05) is 13.6 Å². The number of nitrogens with zero attached hydrogens (tertiary/aromatic N) is 1. The van der Waals surface area contributed by atoms with Crippen LogP contribution in [0.1, 0.15) is 29.7 Å². The van der Waals surface area contributed by atoms with Crippen molar-refractivity contribution in [3.8, 4) is 0 Å². The number of carbonyl (C=O) groups excluding carboxylic acids is 1. The monoisotopic (exact) mass is 376 g/mol. The van der Waals surface area contributed by atoms with Crippen molar-refractivity contribution >= 4 is 5.91 Å². The summed E-state index contributed by atoms with van der Waals surface area (Å²) in [4.78, 5) is 14.5. The van der Waals surface area contributed by atoms with Crippen molar-refractivity contribution in [2.45, 2.75) is 25.6 Å². The molecule has 1 unspecified atom stereocenters. The molecule has 0 fully saturated rings. The minimum absolute atomic E-state index is 0.0406. The maximum absolute atomic E-state index is 13.4. The summed E-state index contributed by atoms with van der Waals surface area (Å²) in [5.41, 5.74) is 2.97. The predicted octanol–water partition coefficient (Wildman–Crippen LogP) is 4.55. The minimum atomic E-state index is -0.399. The molecule has 0 aliphatic heterocycles. The fourth-order valence-electron chi connectivity index (χ4n) is 3.31. The van der Waals surface area contributed by atoms with Gasteiger partial charge >= 0.3 is 0 Å². The fourth-order valence-corrected chi connectivity index (χ4v) is 3.31. The Morgan fingerprint density at radius 1 is 0.929 bits per heavy atom. The molecule has 0 aliphatic carbocycles. The Morgan fingerprint density at radius 2 is 1.50 bits per heavy atom. The first-order chi connectivity index (χ1) is 13.5. The van der Waals surface area contributed by atoms with Crippen molar-refractivity contribution in [2.75, 3.05) is 7.05 Å². The lowest BCUT2D eigenvalue weighted by molar-refractivity contribution is -0.132. The molecule has 0 aliphatic rings. The summed E-state index contributed by atoms with van der Waals surface area (Å²) in [6.07, 6.45) is 0. The average molecular weight is 376 g/mol. The molecule has 0 spiro atoms. The van der Waals surface area contributed by atoms with Gasteiger partial charge in [-0.3, -0.25) is 10.1 Å². The van der Waals surface area contributed by atoms with E-state index in [2.05, 4.69) is 29.6 Å². The summed E-state index contributed by atoms with van der Waals surface area (Å²) in [6, 6.07) is 26.0. The van der Waals surface area contributed by atoms with E-state index in [0.29, 0.717) is 6.54 Å². The second kappa shape index (κ2) is 9.29. The first-order valence-corrected chi connectivity index (χ1v) is 9.40. The van der Waals surface area contributed by atoms with Gasteiger partial charge < -0.3 is 4.90 Å². The number of amides is 1. The Morgan fingerprint density at radius 3 is 2.04 bits per heavy atom. The predicted molar refractivity (Wildman–Crippen MR) is 110 cm³/mol. The topological polar surface area (TPSA) is 32.3 Å². The molecule has 0 heterocycles. The number of rotatable bonds is 7. The molecule has 0 saturated heterocycles. The van der Waals surface area contributed by atoms with Gasteiger partial charge in [-0.1, -0.05) is 72.8 Å². The number of hydrogen-bond acceptors (Lipinski definition) is 2. The molecule has 28 heavy (non-hydrogen) atoms. The summed E-state index contributed by atoms with van der Waals surface area (Å²) >= 11 is 0. The first-order valence-electron chi connectivity index (χ1n) is 9.40. The molecule has 3 rings (SSSR count). The number of hydrogen-bond donors (Lipinski definition) is 1. The van der Waals surface area contributed by atoms with Crippen LogP contribution in [0.25, 0.3) is 0 Å². The van der Waals surface area contributed by atoms with Crippen LogP contribution in [0, 0.1) is 5.82 Å². The van der Waals surface area contributed by atoms with Crippen molar-refractivity contribution in [1.29, 1.82) is 0 Å². The van der Waals surface area contributed by atoms with E-state index in [1.165, 1.54) is 12.1 Å². The number of likely N-dealkylation sites (N-methyl/N-ethyl adjacent to an activating group) is 1. The number of benzene rings is 3. The van der Waals surface area contributed by atoms with Crippen LogP contribution in [0.3, 0.4) is 0 Å². The van der Waals surface area contributed by atoms with Crippen LogP contribution in [0.4, 0.5) is 4.39 Å². The van der Waals surface area contributed by atoms with Gasteiger partial charge in [0.2, 0.25) is 5.91 Å². The highest BCUT2D eigenvalue weighted by atomic mass is 19.1. The molecule has 0 aromatic heterocycles. The van der Waals surface area contributed by atoms with Crippen LogP contribution in [0.15, 0.2) is 84.9 Å². The van der Waals surface area contributed by atoms with Crippen molar-refractivity contribution < 1.29 is 9.18 Å². The van der Waals surface area contributed by atoms with Gasteiger partial charge in [0.05, 0.1) is 12.1 Å². The molecule has 1 atom stereocenters. The van der Waals surface area contributed by atoms with E-state index in [4.69, 9.17) is 0 Å². The fraction of sp³-hybridized carbons (Fsp3) is 0.208. The zero-order valence-corrected chi connectivity index (χ0v) is 16.2. The third-order valence-corrected chi connectivity index (χ3v) is 4.74. The molecule has 0 saturated carbocycles. The van der Waals surface area contributed by atoms with Gasteiger partial charge in [0.1, 0.15) is 5.82 Å². The molecule has 0 bridgehead atoms. The highest BCUT2D eigenvalue weighted by Crippen LogP contribution is 2.22. The van der Waals surface area contributed by atoms with E-state index in [0.717, 1.165) is 16.7 Å². The van der Waals surface area contributed by atoms with Crippen LogP contribution in [0.5, 0.6) is 0 Å². The van der Waals surface area contributed by atoms with Crippen molar-refractivity contribution in [3.63, 3.8) is 0 Å². The maximum Gasteiger partial charge on any atom is 0.239 e. The molecule has 1 N–H and O–H groups in total. The maximum atomic E-state index is 13.4. The minimum Gasteiger partial charge on any atom is -0.340 e. The first kappa shape index (κ1) is 19.8. The van der Waals surface area contributed by atoms with Gasteiger partial charge in [-0.05, 0) is 35.7 Å². The number of nitrogens with one attached hydrogen (secondary N) is 1. The molecule has 0 radical (unpaired) electrons. The van der Waals surface area contributed by atoms with E-state index in [1.807, 2.05) is 49.4 Å². The van der Waals surface area contributed by atoms with Gasteiger partial charge in [-0.25, -0.2) is 4.39 Å². The third-order valence-electron chi connectivity index (χ3n) is 4.74. The van der Waals surface area contributed by atoms with Crippen LogP contribution in [-0.2, 0) is 11.3 Å². The van der Waals surface area contributed by atoms with E-state index in [9.17, 15) is 9.18 Å². The molecule has 144 valence electrons. The Hall–Kier alpha value is -2.98. The van der Waals surface area contributed by atoms with Gasteiger partial charge in [0.15, 0.2) is 0 Å². The second-order valence-electron chi connectivity index (χ2n) is 6.97. The standard InChI is InChI=1S/C24H25FN2O/c1-18(24(28)27(2)17-19-10-9-15-22(25)16-19)26-23(20-11-5-3-6-12-20)21-13-7-4-8-14-21/h3-16,18,23,26H,17H2,1-2H3. The zero-order chi connectivity index (χ0) is 19.9. The molecule has 1 amide bonds. The van der Waals surface area contributed by atoms with Crippen LogP contribution in [-0.4, -0.2) is 23.9 Å². The van der Waals surface area contributed by atoms with Crippen molar-refractivity contribution in [3.05, 3.63) is 107 Å². The Labute approximate surface area is 165 Å². The van der Waals surface area contributed by atoms with E-state index in [-0.39, 0.29) is 17.8 Å². The van der Waals surface area contributed by atoms with E-state index in [1.54, 1.807) is 18.0 Å². The lowest BCUT2D eigenvalue weighted by atomic mass is 9.98. The lowest BCUT2D eigenvalue weighted by Crippen LogP contribution is -2.44. The third kappa shape index (κ3) is 5.05. The quantitative estimate of drug-likeness (QED) is 0.656. The second-order valence-corrected chi connectivity index (χ2v) is 6.97. The van der Waals surface area contributed by atoms with E-state index >= 15 is 0 Å². The highest BCUT2D eigenvalue weighted by Gasteiger charge is 2.23. The summed E-state index contributed by atoms with van der Waals surface area (Å²) in [6.45, 7) is 2.23. The summed E-state index contributed by atoms with van der Waals surface area (Å²) in [5.74, 6) is -0.334. The lowest BCUT2D eigenvalue weighted by Gasteiger charge is -2.27. The molecular formula is C24H25FN2O. The smallest absolute Gasteiger partial charge is 0.239 e. The molecule has 4 heteroatoms. The largest absolute Gasteiger partial charge is 0.340 e.